The number of carbonyl (C=O) groups excluding carboxylic acids is 1. The van der Waals surface area contributed by atoms with Crippen LogP contribution in [-0.2, 0) is 11.2 Å². The number of rotatable bonds is 7. The summed E-state index contributed by atoms with van der Waals surface area (Å²) in [6.07, 6.45) is 1.64. The van der Waals surface area contributed by atoms with E-state index in [0.29, 0.717) is 13.1 Å². The molecule has 0 fully saturated rings. The topological polar surface area (TPSA) is 55.1 Å². The normalized spacial score (nSPS) is 11.4. The smallest absolute Gasteiger partial charge is 0.224 e. The molecule has 0 saturated heterocycles. The SMILES string of the molecule is CCC(CC)(CN)CNC(=O)Cc1ccc(F)cc1F. The highest BCUT2D eigenvalue weighted by molar-refractivity contribution is 5.78. The molecular formula is C15H22F2N2O. The lowest BCUT2D eigenvalue weighted by Gasteiger charge is -2.30. The molecule has 0 aliphatic rings. The van der Waals surface area contributed by atoms with Crippen LogP contribution in [0.25, 0.3) is 0 Å². The summed E-state index contributed by atoms with van der Waals surface area (Å²) in [5.41, 5.74) is 5.83. The zero-order valence-electron chi connectivity index (χ0n) is 12.0. The van der Waals surface area contributed by atoms with Crippen molar-refractivity contribution in [3.63, 3.8) is 0 Å². The number of hydrogen-bond donors (Lipinski definition) is 2. The molecule has 112 valence electrons. The van der Waals surface area contributed by atoms with Crippen molar-refractivity contribution >= 4 is 5.91 Å². The first-order valence-electron chi connectivity index (χ1n) is 6.87. The Morgan fingerprint density at radius 2 is 1.95 bits per heavy atom. The number of benzene rings is 1. The molecule has 20 heavy (non-hydrogen) atoms. The summed E-state index contributed by atoms with van der Waals surface area (Å²) < 4.78 is 26.2. The summed E-state index contributed by atoms with van der Waals surface area (Å²) in [5, 5.41) is 2.79. The van der Waals surface area contributed by atoms with Gasteiger partial charge in [0.2, 0.25) is 5.91 Å². The molecule has 0 aliphatic carbocycles. The van der Waals surface area contributed by atoms with Crippen LogP contribution in [0.1, 0.15) is 32.3 Å². The van der Waals surface area contributed by atoms with Crippen LogP contribution >= 0.6 is 0 Å². The average Bonchev–Trinajstić information content (AvgIpc) is 2.44. The number of nitrogens with two attached hydrogens (primary N) is 1. The molecule has 1 aromatic rings. The Kier molecular flexibility index (Phi) is 6.07. The van der Waals surface area contributed by atoms with E-state index in [1.54, 1.807) is 0 Å². The maximum absolute atomic E-state index is 13.4. The van der Waals surface area contributed by atoms with Gasteiger partial charge in [0, 0.05) is 12.6 Å². The Morgan fingerprint density at radius 3 is 2.45 bits per heavy atom. The molecule has 1 aromatic carbocycles. The molecule has 3 nitrogen and oxygen atoms in total. The van der Waals surface area contributed by atoms with E-state index in [4.69, 9.17) is 5.73 Å². The minimum absolute atomic E-state index is 0.0970. The molecule has 1 rings (SSSR count). The zero-order valence-corrected chi connectivity index (χ0v) is 12.0. The molecule has 0 heterocycles. The maximum atomic E-state index is 13.4. The van der Waals surface area contributed by atoms with Crippen molar-refractivity contribution in [3.8, 4) is 0 Å². The van der Waals surface area contributed by atoms with Gasteiger partial charge in [0.1, 0.15) is 11.6 Å². The van der Waals surface area contributed by atoms with E-state index in [-0.39, 0.29) is 23.3 Å². The van der Waals surface area contributed by atoms with E-state index < -0.39 is 11.6 Å². The Bertz CT molecular complexity index is 451. The van der Waals surface area contributed by atoms with Crippen LogP contribution in [0.2, 0.25) is 0 Å². The lowest BCUT2D eigenvalue weighted by Crippen LogP contribution is -2.42. The Balaban J connectivity index is 2.60. The molecular weight excluding hydrogens is 262 g/mol. The molecule has 5 heteroatoms. The fraction of sp³-hybridized carbons (Fsp3) is 0.533. The van der Waals surface area contributed by atoms with E-state index in [9.17, 15) is 13.6 Å². The number of nitrogens with one attached hydrogen (secondary N) is 1. The second kappa shape index (κ2) is 7.33. The van der Waals surface area contributed by atoms with Crippen LogP contribution in [0, 0.1) is 17.0 Å². The minimum atomic E-state index is -0.698. The Morgan fingerprint density at radius 1 is 1.30 bits per heavy atom. The van der Waals surface area contributed by atoms with Crippen LogP contribution in [0.5, 0.6) is 0 Å². The number of hydrogen-bond acceptors (Lipinski definition) is 2. The van der Waals surface area contributed by atoms with E-state index in [1.165, 1.54) is 6.07 Å². The van der Waals surface area contributed by atoms with Gasteiger partial charge < -0.3 is 11.1 Å². The third-order valence-corrected chi connectivity index (χ3v) is 3.96. The van der Waals surface area contributed by atoms with E-state index in [0.717, 1.165) is 25.0 Å². The van der Waals surface area contributed by atoms with Crippen LogP contribution in [0.4, 0.5) is 8.78 Å². The maximum Gasteiger partial charge on any atom is 0.224 e. The van der Waals surface area contributed by atoms with Crippen LogP contribution < -0.4 is 11.1 Å². The molecule has 0 aromatic heterocycles. The van der Waals surface area contributed by atoms with Gasteiger partial charge in [-0.15, -0.1) is 0 Å². The summed E-state index contributed by atoms with van der Waals surface area (Å²) in [6.45, 7) is 5.02. The quantitative estimate of drug-likeness (QED) is 0.807. The molecule has 0 atom stereocenters. The lowest BCUT2D eigenvalue weighted by molar-refractivity contribution is -0.121. The summed E-state index contributed by atoms with van der Waals surface area (Å²) >= 11 is 0. The Labute approximate surface area is 118 Å². The lowest BCUT2D eigenvalue weighted by atomic mass is 9.82. The summed E-state index contributed by atoms with van der Waals surface area (Å²) in [4.78, 5) is 11.8. The van der Waals surface area contributed by atoms with Crippen LogP contribution in [0.15, 0.2) is 18.2 Å². The molecule has 0 spiro atoms. The van der Waals surface area contributed by atoms with Crippen molar-refractivity contribution < 1.29 is 13.6 Å². The molecule has 3 N–H and O–H groups in total. The molecule has 0 saturated carbocycles. The van der Waals surface area contributed by atoms with Crippen molar-refractivity contribution in [2.45, 2.75) is 33.1 Å². The van der Waals surface area contributed by atoms with Crippen LogP contribution in [0.3, 0.4) is 0 Å². The first-order chi connectivity index (χ1) is 9.46. The molecule has 0 unspecified atom stereocenters. The van der Waals surface area contributed by atoms with E-state index >= 15 is 0 Å². The van der Waals surface area contributed by atoms with Crippen molar-refractivity contribution in [3.05, 3.63) is 35.4 Å². The fourth-order valence-corrected chi connectivity index (χ4v) is 2.05. The third-order valence-electron chi connectivity index (χ3n) is 3.96. The Hall–Kier alpha value is -1.49. The summed E-state index contributed by atoms with van der Waals surface area (Å²) in [6, 6.07) is 3.22. The van der Waals surface area contributed by atoms with Gasteiger partial charge >= 0.3 is 0 Å². The predicted molar refractivity (Wildman–Crippen MR) is 75.1 cm³/mol. The molecule has 0 radical (unpaired) electrons. The second-order valence-corrected chi connectivity index (χ2v) is 5.10. The number of carbonyl (C=O) groups is 1. The standard InChI is InChI=1S/C15H22F2N2O/c1-3-15(4-2,9-18)10-19-14(20)7-11-5-6-12(16)8-13(11)17/h5-6,8H,3-4,7,9-10,18H2,1-2H3,(H,19,20). The van der Waals surface area contributed by atoms with Gasteiger partial charge in [0.15, 0.2) is 0 Å². The van der Waals surface area contributed by atoms with Crippen molar-refractivity contribution in [1.82, 2.24) is 5.32 Å². The van der Waals surface area contributed by atoms with Gasteiger partial charge in [-0.05, 0) is 36.4 Å². The highest BCUT2D eigenvalue weighted by atomic mass is 19.1. The second-order valence-electron chi connectivity index (χ2n) is 5.10. The van der Waals surface area contributed by atoms with E-state index in [2.05, 4.69) is 5.32 Å². The van der Waals surface area contributed by atoms with Crippen LogP contribution in [-0.4, -0.2) is 19.0 Å². The van der Waals surface area contributed by atoms with Crippen molar-refractivity contribution in [1.29, 1.82) is 0 Å². The first-order valence-corrected chi connectivity index (χ1v) is 6.87. The number of halogens is 2. The largest absolute Gasteiger partial charge is 0.355 e. The minimum Gasteiger partial charge on any atom is -0.355 e. The monoisotopic (exact) mass is 284 g/mol. The molecule has 0 aliphatic heterocycles. The van der Waals surface area contributed by atoms with Gasteiger partial charge in [-0.1, -0.05) is 19.9 Å². The number of amides is 1. The van der Waals surface area contributed by atoms with Gasteiger partial charge in [-0.25, -0.2) is 8.78 Å². The predicted octanol–water partition coefficient (Wildman–Crippen LogP) is 2.39. The molecule has 1 amide bonds. The van der Waals surface area contributed by atoms with Crippen molar-refractivity contribution in [2.24, 2.45) is 11.1 Å². The van der Waals surface area contributed by atoms with Gasteiger partial charge in [-0.3, -0.25) is 4.79 Å². The fourth-order valence-electron chi connectivity index (χ4n) is 2.05. The highest BCUT2D eigenvalue weighted by Crippen LogP contribution is 2.23. The molecule has 0 bridgehead atoms. The van der Waals surface area contributed by atoms with Crippen molar-refractivity contribution in [2.75, 3.05) is 13.1 Å². The highest BCUT2D eigenvalue weighted by Gasteiger charge is 2.25. The van der Waals surface area contributed by atoms with E-state index in [1.807, 2.05) is 13.8 Å². The summed E-state index contributed by atoms with van der Waals surface area (Å²) in [7, 11) is 0. The van der Waals surface area contributed by atoms with Gasteiger partial charge in [-0.2, -0.15) is 0 Å². The van der Waals surface area contributed by atoms with Gasteiger partial charge in [0.05, 0.1) is 6.42 Å². The zero-order chi connectivity index (χ0) is 15.2. The average molecular weight is 284 g/mol. The third kappa shape index (κ3) is 4.27. The van der Waals surface area contributed by atoms with Gasteiger partial charge in [0.25, 0.3) is 0 Å². The summed E-state index contributed by atoms with van der Waals surface area (Å²) in [5.74, 6) is -1.63. The first kappa shape index (κ1) is 16.6.